The average molecular weight is 284 g/mol. The fraction of sp³-hybridized carbons (Fsp3) is 0.750. The fourth-order valence-electron chi connectivity index (χ4n) is 2.38. The number of hydrogen-bond donors (Lipinski definition) is 1. The second kappa shape index (κ2) is 6.93. The molecule has 1 aliphatic heterocycles. The summed E-state index contributed by atoms with van der Waals surface area (Å²) in [6.45, 7) is 4.96. The smallest absolute Gasteiger partial charge is 0.240 e. The van der Waals surface area contributed by atoms with Crippen molar-refractivity contribution >= 4 is 22.4 Å². The van der Waals surface area contributed by atoms with Gasteiger partial charge in [0.2, 0.25) is 11.0 Å². The Labute approximate surface area is 117 Å². The Hall–Kier alpha value is -1.05. The van der Waals surface area contributed by atoms with Gasteiger partial charge in [-0.2, -0.15) is 0 Å². The molecule has 0 bridgehead atoms. The third kappa shape index (κ3) is 4.52. The number of aryl methyl sites for hydroxylation is 1. The Morgan fingerprint density at radius 3 is 3.11 bits per heavy atom. The summed E-state index contributed by atoms with van der Waals surface area (Å²) < 4.78 is 5.19. The van der Waals surface area contributed by atoms with Crippen LogP contribution in [0.15, 0.2) is 0 Å². The zero-order valence-electron chi connectivity index (χ0n) is 11.4. The Morgan fingerprint density at radius 2 is 2.42 bits per heavy atom. The van der Waals surface area contributed by atoms with Gasteiger partial charge >= 0.3 is 0 Å². The summed E-state index contributed by atoms with van der Waals surface area (Å²) in [5, 5.41) is 12.0. The van der Waals surface area contributed by atoms with Gasteiger partial charge in [0.1, 0.15) is 5.01 Å². The number of anilines is 1. The molecule has 106 valence electrons. The van der Waals surface area contributed by atoms with E-state index < -0.39 is 0 Å². The molecule has 1 amide bonds. The van der Waals surface area contributed by atoms with Crippen molar-refractivity contribution in [3.8, 4) is 0 Å². The first-order chi connectivity index (χ1) is 9.17. The molecule has 19 heavy (non-hydrogen) atoms. The summed E-state index contributed by atoms with van der Waals surface area (Å²) in [6, 6.07) is 0. The number of aromatic nitrogens is 2. The van der Waals surface area contributed by atoms with E-state index >= 15 is 0 Å². The quantitative estimate of drug-likeness (QED) is 0.878. The molecule has 7 heteroatoms. The lowest BCUT2D eigenvalue weighted by molar-refractivity contribution is -0.117. The van der Waals surface area contributed by atoms with Crippen molar-refractivity contribution in [3.63, 3.8) is 0 Å². The zero-order chi connectivity index (χ0) is 13.7. The second-order valence-corrected chi connectivity index (χ2v) is 6.05. The van der Waals surface area contributed by atoms with Crippen molar-refractivity contribution in [1.82, 2.24) is 15.1 Å². The third-order valence-corrected chi connectivity index (χ3v) is 3.90. The minimum absolute atomic E-state index is 0.0192. The Morgan fingerprint density at radius 1 is 1.58 bits per heavy atom. The molecule has 6 nitrogen and oxygen atoms in total. The van der Waals surface area contributed by atoms with Crippen molar-refractivity contribution in [2.24, 2.45) is 5.92 Å². The standard InChI is InChI=1S/C12H20N4O2S/c1-9-14-15-12(19-9)13-11(17)7-16-5-3-4-10(6-16)8-18-2/h10H,3-8H2,1-2H3,(H,13,15,17)/t10-/m0/s1. The summed E-state index contributed by atoms with van der Waals surface area (Å²) in [6.07, 6.45) is 2.31. The Bertz CT molecular complexity index is 422. The zero-order valence-corrected chi connectivity index (χ0v) is 12.2. The van der Waals surface area contributed by atoms with E-state index in [4.69, 9.17) is 4.74 Å². The topological polar surface area (TPSA) is 67.3 Å². The predicted molar refractivity (Wildman–Crippen MR) is 74.3 cm³/mol. The molecule has 0 aromatic carbocycles. The molecule has 0 saturated carbocycles. The van der Waals surface area contributed by atoms with Gasteiger partial charge in [0, 0.05) is 13.7 Å². The fourth-order valence-corrected chi connectivity index (χ4v) is 2.98. The summed E-state index contributed by atoms with van der Waals surface area (Å²) >= 11 is 1.39. The predicted octanol–water partition coefficient (Wildman–Crippen LogP) is 1.14. The lowest BCUT2D eigenvalue weighted by Crippen LogP contribution is -2.41. The number of nitrogens with zero attached hydrogens (tertiary/aromatic N) is 3. The highest BCUT2D eigenvalue weighted by molar-refractivity contribution is 7.15. The van der Waals surface area contributed by atoms with Crippen LogP contribution in [0, 0.1) is 12.8 Å². The van der Waals surface area contributed by atoms with Crippen molar-refractivity contribution < 1.29 is 9.53 Å². The number of rotatable bonds is 5. The molecule has 2 heterocycles. The van der Waals surface area contributed by atoms with Crippen LogP contribution in [-0.4, -0.2) is 54.4 Å². The van der Waals surface area contributed by atoms with E-state index in [1.54, 1.807) is 7.11 Å². The van der Waals surface area contributed by atoms with Gasteiger partial charge in [-0.25, -0.2) is 0 Å². The van der Waals surface area contributed by atoms with Gasteiger partial charge in [0.25, 0.3) is 0 Å². The second-order valence-electron chi connectivity index (χ2n) is 4.87. The number of methoxy groups -OCH3 is 1. The van der Waals surface area contributed by atoms with Crippen LogP contribution in [0.4, 0.5) is 5.13 Å². The van der Waals surface area contributed by atoms with E-state index in [1.165, 1.54) is 17.8 Å². The number of carbonyl (C=O) groups excluding carboxylic acids is 1. The van der Waals surface area contributed by atoms with Gasteiger partial charge < -0.3 is 4.74 Å². The maximum atomic E-state index is 11.9. The maximum Gasteiger partial charge on any atom is 0.240 e. The molecule has 0 spiro atoms. The molecule has 0 aliphatic carbocycles. The van der Waals surface area contributed by atoms with Crippen molar-refractivity contribution in [2.45, 2.75) is 19.8 Å². The SMILES string of the molecule is COC[C@H]1CCCN(CC(=O)Nc2nnc(C)s2)C1. The van der Waals surface area contributed by atoms with Crippen LogP contribution in [0.5, 0.6) is 0 Å². The number of piperidine rings is 1. The monoisotopic (exact) mass is 284 g/mol. The molecule has 1 N–H and O–H groups in total. The maximum absolute atomic E-state index is 11.9. The molecular formula is C12H20N4O2S. The number of amides is 1. The molecule has 1 aliphatic rings. The van der Waals surface area contributed by atoms with Gasteiger partial charge in [-0.1, -0.05) is 11.3 Å². The van der Waals surface area contributed by atoms with E-state index in [-0.39, 0.29) is 5.91 Å². The van der Waals surface area contributed by atoms with E-state index in [2.05, 4.69) is 20.4 Å². The number of ether oxygens (including phenoxy) is 1. The van der Waals surface area contributed by atoms with Crippen molar-refractivity contribution in [1.29, 1.82) is 0 Å². The van der Waals surface area contributed by atoms with E-state index in [1.807, 2.05) is 6.92 Å². The summed E-state index contributed by atoms with van der Waals surface area (Å²) in [4.78, 5) is 14.1. The van der Waals surface area contributed by atoms with Crippen LogP contribution in [0.2, 0.25) is 0 Å². The first kappa shape index (κ1) is 14.4. The largest absolute Gasteiger partial charge is 0.384 e. The molecule has 0 unspecified atom stereocenters. The molecule has 1 saturated heterocycles. The molecular weight excluding hydrogens is 264 g/mol. The highest BCUT2D eigenvalue weighted by atomic mass is 32.1. The average Bonchev–Trinajstić information content (AvgIpc) is 2.75. The minimum atomic E-state index is -0.0192. The van der Waals surface area contributed by atoms with Crippen molar-refractivity contribution in [3.05, 3.63) is 5.01 Å². The van der Waals surface area contributed by atoms with E-state index in [0.717, 1.165) is 31.1 Å². The number of likely N-dealkylation sites (tertiary alicyclic amines) is 1. The molecule has 0 radical (unpaired) electrons. The van der Waals surface area contributed by atoms with Crippen LogP contribution in [0.25, 0.3) is 0 Å². The first-order valence-corrected chi connectivity index (χ1v) is 7.30. The van der Waals surface area contributed by atoms with Crippen LogP contribution < -0.4 is 5.32 Å². The summed E-state index contributed by atoms with van der Waals surface area (Å²) in [5.74, 6) is 0.518. The number of hydrogen-bond acceptors (Lipinski definition) is 6. The highest BCUT2D eigenvalue weighted by Gasteiger charge is 2.21. The molecule has 1 fully saturated rings. The molecule has 2 rings (SSSR count). The van der Waals surface area contributed by atoms with Gasteiger partial charge in [-0.05, 0) is 32.2 Å². The van der Waals surface area contributed by atoms with Crippen molar-refractivity contribution in [2.75, 3.05) is 38.7 Å². The van der Waals surface area contributed by atoms with Crippen LogP contribution in [0.1, 0.15) is 17.8 Å². The third-order valence-electron chi connectivity index (χ3n) is 3.15. The lowest BCUT2D eigenvalue weighted by Gasteiger charge is -2.31. The van der Waals surface area contributed by atoms with E-state index in [9.17, 15) is 4.79 Å². The normalized spacial score (nSPS) is 20.4. The Balaban J connectivity index is 1.78. The minimum Gasteiger partial charge on any atom is -0.384 e. The summed E-state index contributed by atoms with van der Waals surface area (Å²) in [5.41, 5.74) is 0. The highest BCUT2D eigenvalue weighted by Crippen LogP contribution is 2.17. The Kier molecular flexibility index (Phi) is 5.24. The van der Waals surface area contributed by atoms with Crippen LogP contribution in [-0.2, 0) is 9.53 Å². The van der Waals surface area contributed by atoms with Gasteiger partial charge in [0.05, 0.1) is 13.2 Å². The van der Waals surface area contributed by atoms with E-state index in [0.29, 0.717) is 17.6 Å². The molecule has 1 atom stereocenters. The first-order valence-electron chi connectivity index (χ1n) is 6.48. The van der Waals surface area contributed by atoms with Gasteiger partial charge in [-0.15, -0.1) is 10.2 Å². The van der Waals surface area contributed by atoms with Crippen LogP contribution in [0.3, 0.4) is 0 Å². The number of carbonyl (C=O) groups is 1. The van der Waals surface area contributed by atoms with Crippen LogP contribution >= 0.6 is 11.3 Å². The molecule has 1 aromatic heterocycles. The summed E-state index contributed by atoms with van der Waals surface area (Å²) in [7, 11) is 1.73. The van der Waals surface area contributed by atoms with Gasteiger partial charge in [-0.3, -0.25) is 15.0 Å². The lowest BCUT2D eigenvalue weighted by atomic mass is 9.99. The molecule has 1 aromatic rings. The number of nitrogens with one attached hydrogen (secondary N) is 1. The van der Waals surface area contributed by atoms with Gasteiger partial charge in [0.15, 0.2) is 0 Å².